The van der Waals surface area contributed by atoms with Crippen molar-refractivity contribution in [3.63, 3.8) is 0 Å². The van der Waals surface area contributed by atoms with Gasteiger partial charge in [-0.3, -0.25) is 9.78 Å². The molecule has 5 rings (SSSR count). The molecule has 4 aromatic rings. The molecular formula is C18H18N10S. The maximum absolute atomic E-state index is 9.39. The van der Waals surface area contributed by atoms with Crippen LogP contribution in [0.1, 0.15) is 6.42 Å². The van der Waals surface area contributed by atoms with Crippen molar-refractivity contribution < 1.29 is 0 Å². The van der Waals surface area contributed by atoms with Crippen molar-refractivity contribution >= 4 is 34.7 Å². The third-order valence-electron chi connectivity index (χ3n) is 5.10. The highest BCUT2D eigenvalue weighted by Crippen LogP contribution is 2.37. The highest BCUT2D eigenvalue weighted by Gasteiger charge is 2.46. The van der Waals surface area contributed by atoms with E-state index in [-0.39, 0.29) is 5.54 Å². The van der Waals surface area contributed by atoms with Crippen LogP contribution in [0, 0.1) is 11.3 Å². The number of nitriles is 1. The fraction of sp³-hybridized carbons (Fsp3) is 0.278. The Morgan fingerprint density at radius 1 is 1.38 bits per heavy atom. The highest BCUT2D eigenvalue weighted by atomic mass is 32.2. The summed E-state index contributed by atoms with van der Waals surface area (Å²) in [4.78, 5) is 7.95. The van der Waals surface area contributed by atoms with Gasteiger partial charge in [0.25, 0.3) is 0 Å². The van der Waals surface area contributed by atoms with Crippen molar-refractivity contribution in [2.24, 2.45) is 0 Å². The molecule has 0 saturated carbocycles. The Hall–Kier alpha value is -3.52. The predicted octanol–water partition coefficient (Wildman–Crippen LogP) is 2.24. The van der Waals surface area contributed by atoms with Crippen molar-refractivity contribution in [2.45, 2.75) is 16.9 Å². The Morgan fingerprint density at radius 3 is 3.00 bits per heavy atom. The number of pyridine rings is 1. The summed E-state index contributed by atoms with van der Waals surface area (Å²) in [6.45, 7) is 1.38. The molecule has 2 N–H and O–H groups in total. The first-order valence-electron chi connectivity index (χ1n) is 9.03. The second-order valence-corrected chi connectivity index (χ2v) is 7.83. The summed E-state index contributed by atoms with van der Waals surface area (Å²) in [5.41, 5.74) is 2.20. The van der Waals surface area contributed by atoms with Crippen LogP contribution in [0.4, 0.5) is 17.3 Å². The van der Waals surface area contributed by atoms with Gasteiger partial charge in [0.2, 0.25) is 5.95 Å². The molecule has 11 heteroatoms. The van der Waals surface area contributed by atoms with Gasteiger partial charge >= 0.3 is 0 Å². The van der Waals surface area contributed by atoms with E-state index in [9.17, 15) is 5.26 Å². The van der Waals surface area contributed by atoms with Crippen molar-refractivity contribution in [3.05, 3.63) is 43.1 Å². The van der Waals surface area contributed by atoms with Crippen LogP contribution in [0.5, 0.6) is 0 Å². The van der Waals surface area contributed by atoms with Crippen molar-refractivity contribution in [1.29, 1.82) is 5.26 Å². The van der Waals surface area contributed by atoms with E-state index in [2.05, 4.69) is 41.7 Å². The molecule has 0 radical (unpaired) electrons. The topological polar surface area (TPSA) is 116 Å². The average Bonchev–Trinajstić information content (AvgIpc) is 3.44. The third-order valence-corrected chi connectivity index (χ3v) is 5.78. The number of aromatic amines is 1. The number of fused-ring (bicyclic) bond motifs is 1. The molecule has 5 heterocycles. The normalized spacial score (nSPS) is 15.2. The van der Waals surface area contributed by atoms with Gasteiger partial charge in [0, 0.05) is 36.6 Å². The minimum atomic E-state index is -0.326. The van der Waals surface area contributed by atoms with E-state index in [1.54, 1.807) is 28.7 Å². The molecule has 0 spiro atoms. The second kappa shape index (κ2) is 6.82. The molecule has 0 aromatic carbocycles. The first-order chi connectivity index (χ1) is 14.2. The molecule has 146 valence electrons. The van der Waals surface area contributed by atoms with Crippen LogP contribution >= 0.6 is 11.8 Å². The number of thioether (sulfide) groups is 1. The Kier molecular flexibility index (Phi) is 4.13. The van der Waals surface area contributed by atoms with E-state index in [0.717, 1.165) is 21.9 Å². The number of H-pyrrole nitrogens is 1. The van der Waals surface area contributed by atoms with Crippen LogP contribution in [0.15, 0.2) is 48.0 Å². The highest BCUT2D eigenvalue weighted by molar-refractivity contribution is 7.98. The van der Waals surface area contributed by atoms with Crippen LogP contribution in [0.2, 0.25) is 0 Å². The molecule has 0 amide bonds. The van der Waals surface area contributed by atoms with Gasteiger partial charge in [0.05, 0.1) is 36.3 Å². The van der Waals surface area contributed by atoms with Gasteiger partial charge in [-0.05, 0) is 18.4 Å². The lowest BCUT2D eigenvalue weighted by Gasteiger charge is -2.50. The summed E-state index contributed by atoms with van der Waals surface area (Å²) < 4.78 is 3.69. The molecule has 1 saturated heterocycles. The molecule has 1 aliphatic heterocycles. The van der Waals surface area contributed by atoms with E-state index >= 15 is 0 Å². The summed E-state index contributed by atoms with van der Waals surface area (Å²) in [5.74, 6) is 0.499. The molecule has 29 heavy (non-hydrogen) atoms. The first kappa shape index (κ1) is 17.6. The number of hydrogen-bond acceptors (Lipinski definition) is 8. The van der Waals surface area contributed by atoms with Crippen LogP contribution < -0.4 is 10.2 Å². The van der Waals surface area contributed by atoms with Gasteiger partial charge in [-0.15, -0.1) is 16.9 Å². The van der Waals surface area contributed by atoms with Gasteiger partial charge in [0.1, 0.15) is 5.54 Å². The van der Waals surface area contributed by atoms with Gasteiger partial charge in [-0.1, -0.05) is 0 Å². The molecule has 0 unspecified atom stereocenters. The van der Waals surface area contributed by atoms with E-state index in [0.29, 0.717) is 25.5 Å². The number of hydrogen-bond donors (Lipinski definition) is 2. The minimum Gasteiger partial charge on any atom is -0.363 e. The second-order valence-electron chi connectivity index (χ2n) is 6.95. The maximum atomic E-state index is 9.39. The summed E-state index contributed by atoms with van der Waals surface area (Å²) in [5, 5.41) is 28.2. The molecule has 4 aromatic heterocycles. The van der Waals surface area contributed by atoms with E-state index in [1.807, 2.05) is 41.7 Å². The number of rotatable bonds is 6. The summed E-state index contributed by atoms with van der Waals surface area (Å²) in [6.07, 6.45) is 11.6. The Labute approximate surface area is 170 Å². The quantitative estimate of drug-likeness (QED) is 0.469. The summed E-state index contributed by atoms with van der Waals surface area (Å²) in [7, 11) is 0. The Balaban J connectivity index is 1.43. The zero-order valence-electron chi connectivity index (χ0n) is 15.6. The van der Waals surface area contributed by atoms with Crippen LogP contribution in [0.25, 0.3) is 5.65 Å². The third kappa shape index (κ3) is 2.98. The number of nitrogens with one attached hydrogen (secondary N) is 2. The molecule has 0 aliphatic carbocycles. The zero-order valence-corrected chi connectivity index (χ0v) is 16.5. The van der Waals surface area contributed by atoms with E-state index < -0.39 is 0 Å². The number of nitrogens with zero attached hydrogens (tertiary/aromatic N) is 8. The van der Waals surface area contributed by atoms with Crippen molar-refractivity contribution in [2.75, 3.05) is 29.6 Å². The minimum absolute atomic E-state index is 0.326. The van der Waals surface area contributed by atoms with Gasteiger partial charge in [-0.2, -0.15) is 20.4 Å². The molecular weight excluding hydrogens is 388 g/mol. The van der Waals surface area contributed by atoms with Gasteiger partial charge < -0.3 is 10.2 Å². The molecule has 1 aliphatic rings. The zero-order chi connectivity index (χ0) is 19.8. The standard InChI is InChI=1S/C18H18N10S/c1-29-14-9-22-28(10-14)18(4-5-19)11-26(12-18)15-3-2-6-27-16(15)24-17(25-27)23-13-7-20-21-8-13/h2-3,6-10H,4,11-12H2,1H3,(H,20,21)(H,23,25). The predicted molar refractivity (Wildman–Crippen MR) is 109 cm³/mol. The monoisotopic (exact) mass is 406 g/mol. The lowest BCUT2D eigenvalue weighted by Crippen LogP contribution is -2.63. The maximum Gasteiger partial charge on any atom is 0.247 e. The van der Waals surface area contributed by atoms with Crippen molar-refractivity contribution in [1.82, 2.24) is 34.6 Å². The summed E-state index contributed by atoms with van der Waals surface area (Å²) in [6, 6.07) is 6.30. The van der Waals surface area contributed by atoms with Crippen LogP contribution in [-0.2, 0) is 5.54 Å². The average molecular weight is 406 g/mol. The molecule has 0 bridgehead atoms. The Morgan fingerprint density at radius 2 is 2.28 bits per heavy atom. The van der Waals surface area contributed by atoms with Crippen molar-refractivity contribution in [3.8, 4) is 6.07 Å². The smallest absolute Gasteiger partial charge is 0.247 e. The van der Waals surface area contributed by atoms with E-state index in [1.165, 1.54) is 0 Å². The lowest BCUT2D eigenvalue weighted by molar-refractivity contribution is 0.198. The van der Waals surface area contributed by atoms with Gasteiger partial charge in [0.15, 0.2) is 5.65 Å². The fourth-order valence-corrected chi connectivity index (χ4v) is 3.99. The molecule has 10 nitrogen and oxygen atoms in total. The fourth-order valence-electron chi connectivity index (χ4n) is 3.63. The molecule has 0 atom stereocenters. The van der Waals surface area contributed by atoms with Crippen LogP contribution in [0.3, 0.4) is 0 Å². The first-order valence-corrected chi connectivity index (χ1v) is 10.3. The lowest BCUT2D eigenvalue weighted by atomic mass is 9.86. The van der Waals surface area contributed by atoms with Crippen LogP contribution in [-0.4, -0.2) is 53.9 Å². The largest absolute Gasteiger partial charge is 0.363 e. The number of aromatic nitrogens is 7. The van der Waals surface area contributed by atoms with E-state index in [4.69, 9.17) is 0 Å². The SMILES string of the molecule is CSc1cnn(C2(CC#N)CN(c3cccn4nc(Nc5cn[nH]c5)nc34)C2)c1. The number of anilines is 3. The van der Waals surface area contributed by atoms with Gasteiger partial charge in [-0.25, -0.2) is 4.52 Å². The summed E-state index contributed by atoms with van der Waals surface area (Å²) >= 11 is 1.65. The Bertz CT molecular complexity index is 1180. The molecule has 1 fully saturated rings.